The molecule has 0 heterocycles. The van der Waals surface area contributed by atoms with Gasteiger partial charge in [0.2, 0.25) is 0 Å². The summed E-state index contributed by atoms with van der Waals surface area (Å²) in [5.41, 5.74) is 7.94. The predicted octanol–water partition coefficient (Wildman–Crippen LogP) is 1.46. The maximum Gasteiger partial charge on any atom is 0.0605 e. The van der Waals surface area contributed by atoms with Gasteiger partial charge in [-0.2, -0.15) is 0 Å². The first-order valence-electron chi connectivity index (χ1n) is 3.00. The Morgan fingerprint density at radius 1 is 1.78 bits per heavy atom. The van der Waals surface area contributed by atoms with Crippen LogP contribution < -0.4 is 0 Å². The van der Waals surface area contributed by atoms with Gasteiger partial charge in [-0.15, -0.1) is 0 Å². The molecule has 0 radical (unpaired) electrons. The molecular weight excluding hydrogens is 118 g/mol. The zero-order valence-electron chi connectivity index (χ0n) is 5.49. The summed E-state index contributed by atoms with van der Waals surface area (Å²) in [6.45, 7) is 1.94. The molecule has 0 spiro atoms. The molecule has 0 saturated heterocycles. The molecule has 4 nitrogen and oxygen atoms in total. The van der Waals surface area contributed by atoms with Crippen LogP contribution in [0.4, 0.5) is 0 Å². The first kappa shape index (κ1) is 8.27. The van der Waals surface area contributed by atoms with Crippen LogP contribution in [0.15, 0.2) is 5.11 Å². The van der Waals surface area contributed by atoms with Crippen molar-refractivity contribution in [2.24, 2.45) is 5.11 Å². The molecule has 0 amide bonds. The maximum atomic E-state index is 8.52. The molecule has 0 aliphatic carbocycles. The summed E-state index contributed by atoms with van der Waals surface area (Å²) in [7, 11) is 0. The lowest BCUT2D eigenvalue weighted by Crippen LogP contribution is -2.07. The Kier molecular flexibility index (Phi) is 4.97. The van der Waals surface area contributed by atoms with Crippen LogP contribution in [-0.4, -0.2) is 17.8 Å². The standard InChI is InChI=1S/C5H11N3O/c1-2-3-5(4-9)7-8-6/h5,9H,2-4H2,1H3. The monoisotopic (exact) mass is 129 g/mol. The second kappa shape index (κ2) is 5.41. The van der Waals surface area contributed by atoms with Gasteiger partial charge in [-0.3, -0.25) is 0 Å². The van der Waals surface area contributed by atoms with E-state index in [2.05, 4.69) is 10.0 Å². The normalized spacial score (nSPS) is 12.2. The Morgan fingerprint density at radius 2 is 2.44 bits per heavy atom. The summed E-state index contributed by atoms with van der Waals surface area (Å²) in [6, 6.07) is -0.222. The Morgan fingerprint density at radius 3 is 2.78 bits per heavy atom. The van der Waals surface area contributed by atoms with E-state index in [4.69, 9.17) is 10.6 Å². The summed E-state index contributed by atoms with van der Waals surface area (Å²) in [5.74, 6) is 0. The molecule has 1 unspecified atom stereocenters. The van der Waals surface area contributed by atoms with Crippen molar-refractivity contribution in [2.45, 2.75) is 25.8 Å². The minimum absolute atomic E-state index is 0.0437. The molecule has 9 heavy (non-hydrogen) atoms. The van der Waals surface area contributed by atoms with E-state index in [0.29, 0.717) is 0 Å². The van der Waals surface area contributed by atoms with Crippen LogP contribution in [0.1, 0.15) is 19.8 Å². The highest BCUT2D eigenvalue weighted by Crippen LogP contribution is 1.99. The van der Waals surface area contributed by atoms with Gasteiger partial charge in [0.25, 0.3) is 0 Å². The average molecular weight is 129 g/mol. The molecule has 1 N–H and O–H groups in total. The number of hydrogen-bond donors (Lipinski definition) is 1. The number of aliphatic hydroxyl groups is 1. The van der Waals surface area contributed by atoms with Gasteiger partial charge in [0.15, 0.2) is 0 Å². The van der Waals surface area contributed by atoms with E-state index in [1.54, 1.807) is 0 Å². The van der Waals surface area contributed by atoms with Crippen molar-refractivity contribution in [3.05, 3.63) is 10.4 Å². The van der Waals surface area contributed by atoms with Crippen LogP contribution >= 0.6 is 0 Å². The largest absolute Gasteiger partial charge is 0.396 e. The molecule has 0 aromatic carbocycles. The minimum Gasteiger partial charge on any atom is -0.396 e. The Balaban J connectivity index is 3.53. The molecule has 0 bridgehead atoms. The van der Waals surface area contributed by atoms with Gasteiger partial charge >= 0.3 is 0 Å². The third-order valence-electron chi connectivity index (χ3n) is 1.05. The highest BCUT2D eigenvalue weighted by Gasteiger charge is 2.00. The molecule has 1 atom stereocenters. The third kappa shape index (κ3) is 3.82. The lowest BCUT2D eigenvalue weighted by molar-refractivity contribution is 0.259. The highest BCUT2D eigenvalue weighted by molar-refractivity contribution is 4.63. The van der Waals surface area contributed by atoms with Gasteiger partial charge in [0.05, 0.1) is 12.6 Å². The third-order valence-corrected chi connectivity index (χ3v) is 1.05. The van der Waals surface area contributed by atoms with Crippen molar-refractivity contribution in [3.63, 3.8) is 0 Å². The Labute approximate surface area is 54.1 Å². The minimum atomic E-state index is -0.222. The van der Waals surface area contributed by atoms with Crippen molar-refractivity contribution in [2.75, 3.05) is 6.61 Å². The summed E-state index contributed by atoms with van der Waals surface area (Å²) in [4.78, 5) is 2.59. The molecule has 0 saturated carbocycles. The molecule has 0 aliphatic rings. The molecule has 0 rings (SSSR count). The van der Waals surface area contributed by atoms with Crippen molar-refractivity contribution >= 4 is 0 Å². The average Bonchev–Trinajstić information content (AvgIpc) is 1.88. The molecule has 0 aromatic rings. The van der Waals surface area contributed by atoms with Crippen LogP contribution in [-0.2, 0) is 0 Å². The fourth-order valence-corrected chi connectivity index (χ4v) is 0.592. The molecule has 4 heteroatoms. The first-order valence-corrected chi connectivity index (χ1v) is 3.00. The van der Waals surface area contributed by atoms with E-state index in [1.165, 1.54) is 0 Å². The molecule has 0 fully saturated rings. The zero-order chi connectivity index (χ0) is 7.11. The van der Waals surface area contributed by atoms with Gasteiger partial charge in [0.1, 0.15) is 0 Å². The molecule has 52 valence electrons. The molecule has 0 aromatic heterocycles. The van der Waals surface area contributed by atoms with Gasteiger partial charge in [-0.05, 0) is 12.0 Å². The fraction of sp³-hybridized carbons (Fsp3) is 1.00. The topological polar surface area (TPSA) is 69.0 Å². The molecule has 0 aliphatic heterocycles. The zero-order valence-corrected chi connectivity index (χ0v) is 5.49. The quantitative estimate of drug-likeness (QED) is 0.348. The predicted molar refractivity (Wildman–Crippen MR) is 34.9 cm³/mol. The molecular formula is C5H11N3O. The van der Waals surface area contributed by atoms with E-state index in [1.807, 2.05) is 6.92 Å². The summed E-state index contributed by atoms with van der Waals surface area (Å²) < 4.78 is 0. The van der Waals surface area contributed by atoms with Crippen LogP contribution in [0, 0.1) is 0 Å². The second-order valence-corrected chi connectivity index (χ2v) is 1.83. The van der Waals surface area contributed by atoms with Crippen molar-refractivity contribution in [1.29, 1.82) is 0 Å². The van der Waals surface area contributed by atoms with Crippen LogP contribution in [0.3, 0.4) is 0 Å². The summed E-state index contributed by atoms with van der Waals surface area (Å²) in [5, 5.41) is 11.9. The van der Waals surface area contributed by atoms with Gasteiger partial charge in [-0.1, -0.05) is 18.5 Å². The van der Waals surface area contributed by atoms with E-state index < -0.39 is 0 Å². The highest BCUT2D eigenvalue weighted by atomic mass is 16.3. The van der Waals surface area contributed by atoms with Crippen molar-refractivity contribution in [3.8, 4) is 0 Å². The lowest BCUT2D eigenvalue weighted by atomic mass is 10.2. The number of rotatable bonds is 4. The summed E-state index contributed by atoms with van der Waals surface area (Å²) >= 11 is 0. The van der Waals surface area contributed by atoms with Gasteiger partial charge in [-0.25, -0.2) is 0 Å². The number of aliphatic hydroxyl groups excluding tert-OH is 1. The van der Waals surface area contributed by atoms with Crippen molar-refractivity contribution < 1.29 is 5.11 Å². The summed E-state index contributed by atoms with van der Waals surface area (Å²) in [6.07, 6.45) is 1.70. The number of hydrogen-bond acceptors (Lipinski definition) is 2. The van der Waals surface area contributed by atoms with Crippen LogP contribution in [0.5, 0.6) is 0 Å². The van der Waals surface area contributed by atoms with E-state index in [0.717, 1.165) is 12.8 Å². The smallest absolute Gasteiger partial charge is 0.0605 e. The van der Waals surface area contributed by atoms with E-state index in [9.17, 15) is 0 Å². The van der Waals surface area contributed by atoms with E-state index in [-0.39, 0.29) is 12.6 Å². The van der Waals surface area contributed by atoms with Crippen LogP contribution in [0.2, 0.25) is 0 Å². The Hall–Kier alpha value is -0.730. The van der Waals surface area contributed by atoms with E-state index >= 15 is 0 Å². The number of nitrogens with zero attached hydrogens (tertiary/aromatic N) is 3. The number of azide groups is 1. The lowest BCUT2D eigenvalue weighted by Gasteiger charge is -2.02. The van der Waals surface area contributed by atoms with Crippen LogP contribution in [0.25, 0.3) is 10.4 Å². The first-order chi connectivity index (χ1) is 4.35. The maximum absolute atomic E-state index is 8.52. The second-order valence-electron chi connectivity index (χ2n) is 1.83. The fourth-order valence-electron chi connectivity index (χ4n) is 0.592. The van der Waals surface area contributed by atoms with Gasteiger partial charge < -0.3 is 5.11 Å². The Bertz CT molecular complexity index is 109. The van der Waals surface area contributed by atoms with Gasteiger partial charge in [0, 0.05) is 4.91 Å². The van der Waals surface area contributed by atoms with Crippen molar-refractivity contribution in [1.82, 2.24) is 0 Å². The SMILES string of the molecule is CCCC(CO)N=[N+]=[N-].